The lowest BCUT2D eigenvalue weighted by atomic mass is 10.1. The maximum Gasteiger partial charge on any atom is 0.257 e. The van der Waals surface area contributed by atoms with E-state index in [0.29, 0.717) is 30.1 Å². The second-order valence-corrected chi connectivity index (χ2v) is 6.54. The molecule has 0 fully saturated rings. The third-order valence-electron chi connectivity index (χ3n) is 4.25. The molecule has 0 amide bonds. The highest BCUT2D eigenvalue weighted by Crippen LogP contribution is 2.42. The summed E-state index contributed by atoms with van der Waals surface area (Å²) in [7, 11) is 0. The van der Waals surface area contributed by atoms with E-state index in [1.807, 2.05) is 23.1 Å². The molecule has 0 atom stereocenters. The van der Waals surface area contributed by atoms with Crippen LogP contribution in [-0.2, 0) is 0 Å². The van der Waals surface area contributed by atoms with Gasteiger partial charge in [0.2, 0.25) is 0 Å². The summed E-state index contributed by atoms with van der Waals surface area (Å²) in [4.78, 5) is 6.66. The van der Waals surface area contributed by atoms with Crippen molar-refractivity contribution in [3.63, 3.8) is 0 Å². The Morgan fingerprint density at radius 3 is 3.04 bits per heavy atom. The number of anilines is 2. The number of hydrogen-bond donors (Lipinski definition) is 0. The van der Waals surface area contributed by atoms with Gasteiger partial charge in [0.05, 0.1) is 22.2 Å². The number of fused-ring (bicyclic) bond motifs is 4. The zero-order chi connectivity index (χ0) is 17.0. The highest BCUT2D eigenvalue weighted by molar-refractivity contribution is 9.10. The standard InChI is InChI=1S/C17H11BrFN5O/c18-12-2-1-3-14-15(12)25-7-6-23(14)16-11-8-10(19)4-5-13(11)24-9-20-22-17(24)21-16/h1-5,8-9H,6-7H2. The molecule has 2 aromatic heterocycles. The van der Waals surface area contributed by atoms with Gasteiger partial charge in [-0.25, -0.2) is 4.39 Å². The number of hydrogen-bond acceptors (Lipinski definition) is 5. The maximum atomic E-state index is 14.0. The van der Waals surface area contributed by atoms with Crippen LogP contribution in [0.5, 0.6) is 5.75 Å². The van der Waals surface area contributed by atoms with Crippen LogP contribution in [0.3, 0.4) is 0 Å². The van der Waals surface area contributed by atoms with Gasteiger partial charge >= 0.3 is 0 Å². The third-order valence-corrected chi connectivity index (χ3v) is 4.87. The lowest BCUT2D eigenvalue weighted by Crippen LogP contribution is -2.29. The van der Waals surface area contributed by atoms with Crippen molar-refractivity contribution >= 4 is 44.1 Å². The number of ether oxygens (including phenoxy) is 1. The summed E-state index contributed by atoms with van der Waals surface area (Å²) in [5, 5.41) is 8.68. The summed E-state index contributed by atoms with van der Waals surface area (Å²) in [6.07, 6.45) is 1.58. The molecule has 8 heteroatoms. The van der Waals surface area contributed by atoms with Gasteiger partial charge < -0.3 is 9.64 Å². The number of para-hydroxylation sites is 1. The van der Waals surface area contributed by atoms with Crippen molar-refractivity contribution in [2.45, 2.75) is 0 Å². The summed E-state index contributed by atoms with van der Waals surface area (Å²) in [6.45, 7) is 1.11. The van der Waals surface area contributed by atoms with E-state index in [2.05, 4.69) is 31.1 Å². The Balaban J connectivity index is 1.84. The van der Waals surface area contributed by atoms with E-state index < -0.39 is 0 Å². The molecule has 0 bridgehead atoms. The molecule has 5 rings (SSSR count). The van der Waals surface area contributed by atoms with Crippen molar-refractivity contribution in [3.8, 4) is 5.75 Å². The molecule has 0 aliphatic carbocycles. The fourth-order valence-corrected chi connectivity index (χ4v) is 3.64. The van der Waals surface area contributed by atoms with Crippen molar-refractivity contribution < 1.29 is 9.13 Å². The first-order valence-electron chi connectivity index (χ1n) is 7.70. The number of aromatic nitrogens is 4. The van der Waals surface area contributed by atoms with Crippen molar-refractivity contribution in [1.82, 2.24) is 19.6 Å². The molecule has 0 saturated heterocycles. The fourth-order valence-electron chi connectivity index (χ4n) is 3.17. The minimum Gasteiger partial charge on any atom is -0.488 e. The molecule has 4 aromatic rings. The van der Waals surface area contributed by atoms with E-state index in [1.54, 1.807) is 16.8 Å². The Morgan fingerprint density at radius 2 is 2.12 bits per heavy atom. The van der Waals surface area contributed by atoms with Crippen LogP contribution < -0.4 is 9.64 Å². The molecule has 1 aliphatic rings. The molecule has 124 valence electrons. The second-order valence-electron chi connectivity index (χ2n) is 5.69. The zero-order valence-electron chi connectivity index (χ0n) is 12.9. The van der Waals surface area contributed by atoms with E-state index in [-0.39, 0.29) is 5.82 Å². The molecular formula is C17H11BrFN5O. The van der Waals surface area contributed by atoms with Crippen LogP contribution in [0.25, 0.3) is 16.7 Å². The molecule has 0 saturated carbocycles. The average Bonchev–Trinajstić information content (AvgIpc) is 3.09. The van der Waals surface area contributed by atoms with Gasteiger partial charge in [0, 0.05) is 5.39 Å². The van der Waals surface area contributed by atoms with Crippen LogP contribution in [0.1, 0.15) is 0 Å². The van der Waals surface area contributed by atoms with Crippen LogP contribution in [0, 0.1) is 5.82 Å². The largest absolute Gasteiger partial charge is 0.488 e. The third kappa shape index (κ3) is 2.17. The Hall–Kier alpha value is -2.74. The number of nitrogens with zero attached hydrogens (tertiary/aromatic N) is 5. The van der Waals surface area contributed by atoms with Crippen molar-refractivity contribution in [1.29, 1.82) is 0 Å². The van der Waals surface area contributed by atoms with Crippen LogP contribution in [0.4, 0.5) is 15.9 Å². The summed E-state index contributed by atoms with van der Waals surface area (Å²) in [5.74, 6) is 1.54. The minimum absolute atomic E-state index is 0.314. The van der Waals surface area contributed by atoms with Crippen molar-refractivity contribution in [2.24, 2.45) is 0 Å². The Bertz CT molecular complexity index is 1130. The Morgan fingerprint density at radius 1 is 1.20 bits per heavy atom. The lowest BCUT2D eigenvalue weighted by molar-refractivity contribution is 0.312. The van der Waals surface area contributed by atoms with Gasteiger partial charge in [0.1, 0.15) is 24.6 Å². The highest BCUT2D eigenvalue weighted by atomic mass is 79.9. The molecule has 1 aliphatic heterocycles. The minimum atomic E-state index is -0.314. The molecular weight excluding hydrogens is 389 g/mol. The molecule has 3 heterocycles. The van der Waals surface area contributed by atoms with E-state index >= 15 is 0 Å². The molecule has 0 unspecified atom stereocenters. The zero-order valence-corrected chi connectivity index (χ0v) is 14.4. The average molecular weight is 400 g/mol. The van der Waals surface area contributed by atoms with E-state index in [0.717, 1.165) is 21.4 Å². The van der Waals surface area contributed by atoms with Gasteiger partial charge in [-0.3, -0.25) is 4.40 Å². The lowest BCUT2D eigenvalue weighted by Gasteiger charge is -2.31. The summed E-state index contributed by atoms with van der Waals surface area (Å²) in [6, 6.07) is 10.5. The smallest absolute Gasteiger partial charge is 0.257 e. The quantitative estimate of drug-likeness (QED) is 0.488. The fraction of sp³-hybridized carbons (Fsp3) is 0.118. The van der Waals surface area contributed by atoms with Gasteiger partial charge in [0.15, 0.2) is 5.75 Å². The van der Waals surface area contributed by atoms with Crippen LogP contribution in [0.2, 0.25) is 0 Å². The number of halogens is 2. The Labute approximate surface area is 150 Å². The maximum absolute atomic E-state index is 14.0. The first-order chi connectivity index (χ1) is 12.2. The SMILES string of the molecule is Fc1ccc2c(c1)c(N1CCOc3c(Br)cccc31)nc1nncn12. The van der Waals surface area contributed by atoms with Gasteiger partial charge in [-0.15, -0.1) is 10.2 Å². The summed E-state index contributed by atoms with van der Waals surface area (Å²) < 4.78 is 22.4. The molecule has 2 aromatic carbocycles. The van der Waals surface area contributed by atoms with Crippen LogP contribution in [-0.4, -0.2) is 32.7 Å². The molecule has 0 radical (unpaired) electrons. The first-order valence-corrected chi connectivity index (χ1v) is 8.49. The van der Waals surface area contributed by atoms with Crippen molar-refractivity contribution in [3.05, 3.63) is 53.0 Å². The van der Waals surface area contributed by atoms with Gasteiger partial charge in [-0.1, -0.05) is 6.07 Å². The summed E-state index contributed by atoms with van der Waals surface area (Å²) >= 11 is 3.52. The van der Waals surface area contributed by atoms with E-state index in [1.165, 1.54) is 12.1 Å². The van der Waals surface area contributed by atoms with Crippen LogP contribution in [0.15, 0.2) is 47.2 Å². The first kappa shape index (κ1) is 14.6. The van der Waals surface area contributed by atoms with Gasteiger partial charge in [0.25, 0.3) is 5.78 Å². The molecule has 0 N–H and O–H groups in total. The van der Waals surface area contributed by atoms with Gasteiger partial charge in [-0.2, -0.15) is 4.98 Å². The number of benzene rings is 2. The predicted molar refractivity (Wildman–Crippen MR) is 94.9 cm³/mol. The predicted octanol–water partition coefficient (Wildman–Crippen LogP) is 3.71. The van der Waals surface area contributed by atoms with Crippen molar-refractivity contribution in [2.75, 3.05) is 18.1 Å². The van der Waals surface area contributed by atoms with E-state index in [4.69, 9.17) is 4.74 Å². The number of rotatable bonds is 1. The highest BCUT2D eigenvalue weighted by Gasteiger charge is 2.25. The Kier molecular flexibility index (Phi) is 3.14. The molecule has 0 spiro atoms. The monoisotopic (exact) mass is 399 g/mol. The molecule has 6 nitrogen and oxygen atoms in total. The second kappa shape index (κ2) is 5.38. The van der Waals surface area contributed by atoms with Crippen LogP contribution >= 0.6 is 15.9 Å². The van der Waals surface area contributed by atoms with Gasteiger partial charge in [-0.05, 0) is 46.3 Å². The molecule has 25 heavy (non-hydrogen) atoms. The van der Waals surface area contributed by atoms with E-state index in [9.17, 15) is 4.39 Å². The summed E-state index contributed by atoms with van der Waals surface area (Å²) in [5.41, 5.74) is 1.68. The normalized spacial score (nSPS) is 13.9. The topological polar surface area (TPSA) is 55.5 Å².